The molecule has 5 heterocycles. The van der Waals surface area contributed by atoms with Crippen molar-refractivity contribution in [2.24, 2.45) is 0 Å². The van der Waals surface area contributed by atoms with Crippen molar-refractivity contribution in [3.05, 3.63) is 23.5 Å². The summed E-state index contributed by atoms with van der Waals surface area (Å²) in [5.74, 6) is 2.29. The molecule has 3 aromatic rings. The molecule has 2 aliphatic heterocycles. The minimum Gasteiger partial charge on any atom is -0.336 e. The van der Waals surface area contributed by atoms with E-state index in [4.69, 9.17) is 10.1 Å². The third-order valence-corrected chi connectivity index (χ3v) is 6.70. The number of hydrogen-bond acceptors (Lipinski definition) is 6. The molecule has 1 unspecified atom stereocenters. The molecule has 2 aliphatic rings. The van der Waals surface area contributed by atoms with Crippen molar-refractivity contribution in [2.45, 2.75) is 77.3 Å². The van der Waals surface area contributed by atoms with Crippen molar-refractivity contribution in [3.8, 4) is 0 Å². The minimum absolute atomic E-state index is 0.0435. The van der Waals surface area contributed by atoms with E-state index in [0.717, 1.165) is 53.4 Å². The van der Waals surface area contributed by atoms with Crippen LogP contribution in [0.15, 0.2) is 6.20 Å². The molecule has 3 aromatic heterocycles. The molecule has 5 rings (SSSR count). The predicted molar refractivity (Wildman–Crippen MR) is 106 cm³/mol. The highest BCUT2D eigenvalue weighted by molar-refractivity contribution is 7.20. The molecule has 0 aliphatic carbocycles. The third kappa shape index (κ3) is 2.94. The van der Waals surface area contributed by atoms with E-state index in [1.165, 1.54) is 25.7 Å². The van der Waals surface area contributed by atoms with Gasteiger partial charge in [0.15, 0.2) is 5.82 Å². The fourth-order valence-electron chi connectivity index (χ4n) is 4.17. The molecule has 0 amide bonds. The first-order chi connectivity index (χ1) is 13.0. The summed E-state index contributed by atoms with van der Waals surface area (Å²) in [7, 11) is 0. The molecule has 0 radical (unpaired) electrons. The Hall–Kier alpha value is -1.96. The van der Waals surface area contributed by atoms with Crippen LogP contribution in [0.2, 0.25) is 0 Å². The maximum atomic E-state index is 4.88. The summed E-state index contributed by atoms with van der Waals surface area (Å²) in [4.78, 5) is 8.23. The molecule has 1 atom stereocenters. The van der Waals surface area contributed by atoms with Crippen LogP contribution in [0.3, 0.4) is 0 Å². The highest BCUT2D eigenvalue weighted by Gasteiger charge is 2.32. The molecular weight excluding hydrogens is 358 g/mol. The standard InChI is InChI=1S/C19H27N7S/c1-19(2,3)14-12-26-17(20-14)27-18(23-26)24-10-6-4-8-13(24)16-22-21-15-9-5-7-11-25(15)16/h12-13H,4-11H2,1-3H3. The second-order valence-electron chi connectivity index (χ2n) is 8.78. The Morgan fingerprint density at radius 2 is 1.93 bits per heavy atom. The Morgan fingerprint density at radius 1 is 1.07 bits per heavy atom. The SMILES string of the molecule is CC(C)(C)c1cn2nc(N3CCCCC3c3nnc4n3CCCC4)sc2n1. The van der Waals surface area contributed by atoms with Crippen LogP contribution >= 0.6 is 11.3 Å². The van der Waals surface area contributed by atoms with E-state index in [-0.39, 0.29) is 11.5 Å². The van der Waals surface area contributed by atoms with Crippen LogP contribution in [0.4, 0.5) is 5.13 Å². The lowest BCUT2D eigenvalue weighted by atomic mass is 9.93. The van der Waals surface area contributed by atoms with Crippen LogP contribution in [0.1, 0.15) is 76.3 Å². The van der Waals surface area contributed by atoms with Crippen LogP contribution < -0.4 is 4.90 Å². The molecule has 0 saturated carbocycles. The van der Waals surface area contributed by atoms with Gasteiger partial charge in [-0.2, -0.15) is 0 Å². The minimum atomic E-state index is 0.0435. The van der Waals surface area contributed by atoms with E-state index >= 15 is 0 Å². The quantitative estimate of drug-likeness (QED) is 0.672. The van der Waals surface area contributed by atoms with Gasteiger partial charge < -0.3 is 9.47 Å². The van der Waals surface area contributed by atoms with Gasteiger partial charge in [0.05, 0.1) is 17.9 Å². The van der Waals surface area contributed by atoms with Crippen molar-refractivity contribution < 1.29 is 0 Å². The van der Waals surface area contributed by atoms with Crippen molar-refractivity contribution in [1.29, 1.82) is 0 Å². The van der Waals surface area contributed by atoms with Crippen LogP contribution in [0.5, 0.6) is 0 Å². The number of rotatable bonds is 2. The molecule has 0 bridgehead atoms. The van der Waals surface area contributed by atoms with Crippen molar-refractivity contribution in [2.75, 3.05) is 11.4 Å². The first-order valence-corrected chi connectivity index (χ1v) is 10.9. The molecule has 1 saturated heterocycles. The summed E-state index contributed by atoms with van der Waals surface area (Å²) in [6, 6.07) is 0.274. The number of hydrogen-bond donors (Lipinski definition) is 0. The smallest absolute Gasteiger partial charge is 0.214 e. The van der Waals surface area contributed by atoms with E-state index in [2.05, 4.69) is 46.6 Å². The number of anilines is 1. The second-order valence-corrected chi connectivity index (χ2v) is 9.71. The van der Waals surface area contributed by atoms with E-state index in [0.29, 0.717) is 0 Å². The number of aromatic nitrogens is 6. The lowest BCUT2D eigenvalue weighted by Gasteiger charge is -2.35. The van der Waals surface area contributed by atoms with Crippen LogP contribution in [-0.4, -0.2) is 35.9 Å². The van der Waals surface area contributed by atoms with Gasteiger partial charge in [0.25, 0.3) is 0 Å². The predicted octanol–water partition coefficient (Wildman–Crippen LogP) is 3.75. The average molecular weight is 386 g/mol. The first kappa shape index (κ1) is 17.2. The number of fused-ring (bicyclic) bond motifs is 2. The van der Waals surface area contributed by atoms with Crippen molar-refractivity contribution in [3.63, 3.8) is 0 Å². The Bertz CT molecular complexity index is 929. The zero-order valence-corrected chi connectivity index (χ0v) is 17.2. The van der Waals surface area contributed by atoms with Crippen molar-refractivity contribution >= 4 is 21.4 Å². The van der Waals surface area contributed by atoms with Gasteiger partial charge in [-0.15, -0.1) is 15.3 Å². The van der Waals surface area contributed by atoms with Crippen LogP contribution in [-0.2, 0) is 18.4 Å². The summed E-state index contributed by atoms with van der Waals surface area (Å²) in [6.45, 7) is 8.65. The summed E-state index contributed by atoms with van der Waals surface area (Å²) < 4.78 is 4.31. The molecular formula is C19H27N7S. The van der Waals surface area contributed by atoms with Gasteiger partial charge in [0.2, 0.25) is 10.1 Å². The van der Waals surface area contributed by atoms with Gasteiger partial charge in [-0.25, -0.2) is 9.50 Å². The van der Waals surface area contributed by atoms with Gasteiger partial charge >= 0.3 is 0 Å². The van der Waals surface area contributed by atoms with E-state index in [9.17, 15) is 0 Å². The third-order valence-electron chi connectivity index (χ3n) is 5.74. The van der Waals surface area contributed by atoms with E-state index in [1.54, 1.807) is 11.3 Å². The van der Waals surface area contributed by atoms with Gasteiger partial charge in [-0.05, 0) is 32.1 Å². The summed E-state index contributed by atoms with van der Waals surface area (Å²) >= 11 is 1.69. The Morgan fingerprint density at radius 3 is 2.74 bits per heavy atom. The van der Waals surface area contributed by atoms with Gasteiger partial charge in [-0.3, -0.25) is 0 Å². The van der Waals surface area contributed by atoms with E-state index in [1.807, 2.05) is 4.52 Å². The Balaban J connectivity index is 1.50. The molecule has 0 spiro atoms. The topological polar surface area (TPSA) is 64.1 Å². The lowest BCUT2D eigenvalue weighted by Crippen LogP contribution is -2.35. The average Bonchev–Trinajstić information content (AvgIpc) is 3.34. The van der Waals surface area contributed by atoms with Crippen LogP contribution in [0, 0.1) is 0 Å². The highest BCUT2D eigenvalue weighted by atomic mass is 32.1. The molecule has 0 aromatic carbocycles. The van der Waals surface area contributed by atoms with Gasteiger partial charge in [-0.1, -0.05) is 32.1 Å². The molecule has 7 nitrogen and oxygen atoms in total. The van der Waals surface area contributed by atoms with Crippen molar-refractivity contribution in [1.82, 2.24) is 29.4 Å². The molecule has 144 valence electrons. The number of imidazole rings is 1. The monoisotopic (exact) mass is 385 g/mol. The number of aryl methyl sites for hydroxylation is 1. The maximum absolute atomic E-state index is 4.88. The Labute approximate surface area is 163 Å². The van der Waals surface area contributed by atoms with E-state index < -0.39 is 0 Å². The maximum Gasteiger partial charge on any atom is 0.214 e. The normalized spacial score (nSPS) is 21.0. The molecule has 8 heteroatoms. The fraction of sp³-hybridized carbons (Fsp3) is 0.684. The summed E-state index contributed by atoms with van der Waals surface area (Å²) in [6.07, 6.45) is 9.14. The number of piperidine rings is 1. The van der Waals surface area contributed by atoms with Gasteiger partial charge in [0, 0.05) is 24.9 Å². The fourth-order valence-corrected chi connectivity index (χ4v) is 5.13. The zero-order chi connectivity index (χ0) is 18.6. The second kappa shape index (κ2) is 6.29. The lowest BCUT2D eigenvalue weighted by molar-refractivity contribution is 0.422. The van der Waals surface area contributed by atoms with Crippen LogP contribution in [0.25, 0.3) is 4.96 Å². The molecule has 0 N–H and O–H groups in total. The summed E-state index contributed by atoms with van der Waals surface area (Å²) in [5.41, 5.74) is 1.14. The first-order valence-electron chi connectivity index (χ1n) is 10.1. The molecule has 1 fully saturated rings. The molecule has 27 heavy (non-hydrogen) atoms. The Kier molecular flexibility index (Phi) is 4.00. The highest BCUT2D eigenvalue weighted by Crippen LogP contribution is 2.37. The largest absolute Gasteiger partial charge is 0.336 e. The van der Waals surface area contributed by atoms with Gasteiger partial charge in [0.1, 0.15) is 5.82 Å². The summed E-state index contributed by atoms with van der Waals surface area (Å²) in [5, 5.41) is 15.0. The zero-order valence-electron chi connectivity index (χ0n) is 16.4. The number of nitrogens with zero attached hydrogens (tertiary/aromatic N) is 7.